The van der Waals surface area contributed by atoms with E-state index in [1.165, 1.54) is 23.6 Å². The normalized spacial score (nSPS) is 11.4. The van der Waals surface area contributed by atoms with Gasteiger partial charge in [-0.2, -0.15) is 0 Å². The molecule has 2 rings (SSSR count). The number of hydrogen-bond donors (Lipinski definition) is 1. The summed E-state index contributed by atoms with van der Waals surface area (Å²) in [5, 5.41) is 10.4. The van der Waals surface area contributed by atoms with Gasteiger partial charge in [-0.1, -0.05) is 12.1 Å². The lowest BCUT2D eigenvalue weighted by atomic mass is 10.3. The van der Waals surface area contributed by atoms with Crippen LogP contribution in [-0.4, -0.2) is 19.5 Å². The van der Waals surface area contributed by atoms with Crippen molar-refractivity contribution in [1.82, 2.24) is 0 Å². The minimum atomic E-state index is -3.90. The molecule has 0 amide bonds. The van der Waals surface area contributed by atoms with Gasteiger partial charge >= 0.3 is 5.97 Å². The van der Waals surface area contributed by atoms with E-state index < -0.39 is 32.3 Å². The lowest BCUT2D eigenvalue weighted by Crippen LogP contribution is -2.09. The number of sulfone groups is 1. The Morgan fingerprint density at radius 2 is 1.95 bits per heavy atom. The Morgan fingerprint density at radius 3 is 2.58 bits per heavy atom. The molecule has 100 valence electrons. The van der Waals surface area contributed by atoms with Crippen LogP contribution in [0.5, 0.6) is 0 Å². The number of hydrogen-bond acceptors (Lipinski definition) is 4. The van der Waals surface area contributed by atoms with E-state index in [2.05, 4.69) is 0 Å². The zero-order valence-electron chi connectivity index (χ0n) is 9.54. The van der Waals surface area contributed by atoms with Crippen LogP contribution in [0.2, 0.25) is 0 Å². The molecule has 19 heavy (non-hydrogen) atoms. The fourth-order valence-electron chi connectivity index (χ4n) is 1.62. The zero-order chi connectivity index (χ0) is 14.0. The van der Waals surface area contributed by atoms with Gasteiger partial charge in [0.25, 0.3) is 0 Å². The second-order valence-electron chi connectivity index (χ2n) is 3.77. The first-order valence-corrected chi connectivity index (χ1v) is 7.72. The minimum absolute atomic E-state index is 0.0417. The third-order valence-electron chi connectivity index (χ3n) is 2.46. The van der Waals surface area contributed by atoms with Gasteiger partial charge in [0.05, 0.1) is 5.75 Å². The summed E-state index contributed by atoms with van der Waals surface area (Å²) in [5.74, 6) is -2.55. The van der Waals surface area contributed by atoms with Crippen molar-refractivity contribution in [2.45, 2.75) is 10.6 Å². The lowest BCUT2D eigenvalue weighted by molar-refractivity contribution is 0.0701. The highest BCUT2D eigenvalue weighted by Crippen LogP contribution is 2.24. The molecule has 1 heterocycles. The molecule has 0 fully saturated rings. The highest BCUT2D eigenvalue weighted by molar-refractivity contribution is 7.90. The van der Waals surface area contributed by atoms with E-state index in [1.54, 1.807) is 0 Å². The van der Waals surface area contributed by atoms with Crippen molar-refractivity contribution < 1.29 is 22.7 Å². The molecule has 2 aromatic rings. The molecule has 0 spiro atoms. The van der Waals surface area contributed by atoms with Crippen molar-refractivity contribution in [3.63, 3.8) is 0 Å². The van der Waals surface area contributed by atoms with Gasteiger partial charge in [0.15, 0.2) is 9.84 Å². The van der Waals surface area contributed by atoms with E-state index in [0.29, 0.717) is 0 Å². The van der Waals surface area contributed by atoms with Crippen LogP contribution in [0.25, 0.3) is 0 Å². The number of rotatable bonds is 4. The smallest absolute Gasteiger partial charge is 0.346 e. The first-order valence-electron chi connectivity index (χ1n) is 5.19. The van der Waals surface area contributed by atoms with Crippen LogP contribution in [-0.2, 0) is 15.6 Å². The van der Waals surface area contributed by atoms with Gasteiger partial charge in [-0.15, -0.1) is 11.3 Å². The van der Waals surface area contributed by atoms with Gasteiger partial charge in [0, 0.05) is 0 Å². The fraction of sp³-hybridized carbons (Fsp3) is 0.0833. The number of thiophene rings is 1. The Hall–Kier alpha value is -1.73. The molecule has 1 aromatic heterocycles. The maximum atomic E-state index is 13.5. The van der Waals surface area contributed by atoms with Gasteiger partial charge in [0.1, 0.15) is 15.6 Å². The monoisotopic (exact) mass is 300 g/mol. The Balaban J connectivity index is 2.40. The predicted octanol–water partition coefficient (Wildman–Crippen LogP) is 2.56. The summed E-state index contributed by atoms with van der Waals surface area (Å²) in [4.78, 5) is 10.5. The SMILES string of the molecule is O=C(O)c1sccc1CS(=O)(=O)c1ccccc1F. The molecule has 0 saturated carbocycles. The van der Waals surface area contributed by atoms with Gasteiger partial charge in [-0.25, -0.2) is 17.6 Å². The maximum Gasteiger partial charge on any atom is 0.346 e. The van der Waals surface area contributed by atoms with Gasteiger partial charge in [-0.3, -0.25) is 0 Å². The van der Waals surface area contributed by atoms with E-state index in [1.807, 2.05) is 0 Å². The van der Waals surface area contributed by atoms with Crippen LogP contribution < -0.4 is 0 Å². The van der Waals surface area contributed by atoms with Crippen molar-refractivity contribution in [3.8, 4) is 0 Å². The molecule has 0 saturated heterocycles. The van der Waals surface area contributed by atoms with Gasteiger partial charge < -0.3 is 5.11 Å². The molecule has 1 N–H and O–H groups in total. The molecular formula is C12H9FO4S2. The largest absolute Gasteiger partial charge is 0.477 e. The summed E-state index contributed by atoms with van der Waals surface area (Å²) in [6, 6.07) is 6.45. The highest BCUT2D eigenvalue weighted by atomic mass is 32.2. The minimum Gasteiger partial charge on any atom is -0.477 e. The summed E-state index contributed by atoms with van der Waals surface area (Å²) in [5.41, 5.74) is 0.167. The van der Waals surface area contributed by atoms with E-state index in [4.69, 9.17) is 5.11 Å². The van der Waals surface area contributed by atoms with E-state index >= 15 is 0 Å². The second kappa shape index (κ2) is 5.10. The topological polar surface area (TPSA) is 71.4 Å². The van der Waals surface area contributed by atoms with Crippen molar-refractivity contribution in [2.24, 2.45) is 0 Å². The summed E-state index contributed by atoms with van der Waals surface area (Å²) in [6.45, 7) is 0. The Morgan fingerprint density at radius 1 is 1.26 bits per heavy atom. The molecule has 0 aliphatic heterocycles. The summed E-state index contributed by atoms with van der Waals surface area (Å²) >= 11 is 0.940. The van der Waals surface area contributed by atoms with Gasteiger partial charge in [-0.05, 0) is 29.1 Å². The molecule has 0 aliphatic carbocycles. The van der Waals surface area contributed by atoms with Crippen LogP contribution >= 0.6 is 11.3 Å². The number of carbonyl (C=O) groups is 1. The Kier molecular flexibility index (Phi) is 3.68. The van der Waals surface area contributed by atoms with Crippen LogP contribution in [0.4, 0.5) is 4.39 Å². The average molecular weight is 300 g/mol. The van der Waals surface area contributed by atoms with E-state index in [9.17, 15) is 17.6 Å². The molecule has 0 bridgehead atoms. The molecule has 4 nitrogen and oxygen atoms in total. The number of aromatic carboxylic acids is 1. The number of carboxylic acid groups (broad SMARTS) is 1. The summed E-state index contributed by atoms with van der Waals surface area (Å²) < 4.78 is 37.6. The van der Waals surface area contributed by atoms with Crippen molar-refractivity contribution in [2.75, 3.05) is 0 Å². The molecule has 0 atom stereocenters. The first-order chi connectivity index (χ1) is 8.92. The third-order valence-corrected chi connectivity index (χ3v) is 5.10. The number of carboxylic acids is 1. The summed E-state index contributed by atoms with van der Waals surface area (Å²) in [7, 11) is -3.90. The van der Waals surface area contributed by atoms with E-state index in [0.717, 1.165) is 23.5 Å². The Labute approximate surface area is 113 Å². The molecule has 0 unspecified atom stereocenters. The van der Waals surface area contributed by atoms with Gasteiger partial charge in [0.2, 0.25) is 0 Å². The molecule has 0 aliphatic rings. The second-order valence-corrected chi connectivity index (χ2v) is 6.64. The number of benzene rings is 1. The average Bonchev–Trinajstić information content (AvgIpc) is 2.76. The van der Waals surface area contributed by atoms with Crippen LogP contribution in [0, 0.1) is 5.82 Å². The highest BCUT2D eigenvalue weighted by Gasteiger charge is 2.23. The van der Waals surface area contributed by atoms with Crippen LogP contribution in [0.3, 0.4) is 0 Å². The Bertz CT molecular complexity index is 719. The van der Waals surface area contributed by atoms with E-state index in [-0.39, 0.29) is 10.4 Å². The summed E-state index contributed by atoms with van der Waals surface area (Å²) in [6.07, 6.45) is 0. The predicted molar refractivity (Wildman–Crippen MR) is 68.6 cm³/mol. The van der Waals surface area contributed by atoms with Crippen molar-refractivity contribution >= 4 is 27.1 Å². The van der Waals surface area contributed by atoms with Crippen LogP contribution in [0.1, 0.15) is 15.2 Å². The van der Waals surface area contributed by atoms with Crippen molar-refractivity contribution in [1.29, 1.82) is 0 Å². The van der Waals surface area contributed by atoms with Crippen LogP contribution in [0.15, 0.2) is 40.6 Å². The molecule has 0 radical (unpaired) electrons. The first kappa shape index (κ1) is 13.7. The maximum absolute atomic E-state index is 13.5. The molecule has 1 aromatic carbocycles. The molecular weight excluding hydrogens is 291 g/mol. The lowest BCUT2D eigenvalue weighted by Gasteiger charge is -2.05. The third kappa shape index (κ3) is 2.82. The quantitative estimate of drug-likeness (QED) is 0.942. The molecule has 7 heteroatoms. The van der Waals surface area contributed by atoms with Crippen molar-refractivity contribution in [3.05, 3.63) is 52.0 Å². The zero-order valence-corrected chi connectivity index (χ0v) is 11.2. The number of halogens is 1. The fourth-order valence-corrected chi connectivity index (χ4v) is 3.93. The standard InChI is InChI=1S/C12H9FO4S2/c13-9-3-1-2-4-10(9)19(16,17)7-8-5-6-18-11(8)12(14)15/h1-6H,7H2,(H,14,15).